The topological polar surface area (TPSA) is 38.5 Å². The molecule has 20 heavy (non-hydrogen) atoms. The average Bonchev–Trinajstić information content (AvgIpc) is 2.88. The van der Waals surface area contributed by atoms with Crippen LogP contribution in [0.2, 0.25) is 0 Å². The van der Waals surface area contributed by atoms with Crippen LogP contribution in [0, 0.1) is 24.4 Å². The highest BCUT2D eigenvalue weighted by molar-refractivity contribution is 7.71. The van der Waals surface area contributed by atoms with E-state index < -0.39 is 0 Å². The fourth-order valence-electron chi connectivity index (χ4n) is 2.54. The van der Waals surface area contributed by atoms with Crippen LogP contribution in [0.15, 0.2) is 18.2 Å². The molecule has 3 aromatic rings. The number of nitrogens with zero attached hydrogens (tertiary/aromatic N) is 3. The van der Waals surface area contributed by atoms with Crippen LogP contribution in [0.5, 0.6) is 0 Å². The number of imidazole rings is 1. The van der Waals surface area contributed by atoms with Gasteiger partial charge in [-0.15, -0.1) is 0 Å². The van der Waals surface area contributed by atoms with Gasteiger partial charge in [0.1, 0.15) is 11.3 Å². The number of aromatic amines is 1. The fourth-order valence-corrected chi connectivity index (χ4v) is 2.82. The van der Waals surface area contributed by atoms with Crippen LogP contribution in [-0.4, -0.2) is 19.3 Å². The van der Waals surface area contributed by atoms with Crippen molar-refractivity contribution in [2.75, 3.05) is 0 Å². The van der Waals surface area contributed by atoms with Gasteiger partial charge in [0, 0.05) is 6.54 Å². The van der Waals surface area contributed by atoms with Crippen LogP contribution >= 0.6 is 12.2 Å². The number of halogens is 1. The normalized spacial score (nSPS) is 11.4. The number of aromatic nitrogens is 4. The third-order valence-electron chi connectivity index (χ3n) is 3.46. The summed E-state index contributed by atoms with van der Waals surface area (Å²) in [5.74, 6) is -0.288. The molecule has 0 radical (unpaired) electrons. The summed E-state index contributed by atoms with van der Waals surface area (Å²) >= 11 is 5.37. The summed E-state index contributed by atoms with van der Waals surface area (Å²) in [4.78, 5) is 3.13. The van der Waals surface area contributed by atoms with E-state index in [0.717, 1.165) is 22.4 Å². The molecule has 0 spiro atoms. The van der Waals surface area contributed by atoms with Gasteiger partial charge in [-0.3, -0.25) is 4.57 Å². The SMILES string of the molecule is CCn1nc(C)c2[nH]c(=S)n(-c3c(C)cccc3F)c21. The second-order valence-corrected chi connectivity index (χ2v) is 5.16. The van der Waals surface area contributed by atoms with Gasteiger partial charge in [-0.2, -0.15) is 5.10 Å². The van der Waals surface area contributed by atoms with Gasteiger partial charge < -0.3 is 4.98 Å². The molecule has 0 unspecified atom stereocenters. The Morgan fingerprint density at radius 3 is 2.75 bits per heavy atom. The highest BCUT2D eigenvalue weighted by atomic mass is 32.1. The van der Waals surface area contributed by atoms with E-state index in [2.05, 4.69) is 10.1 Å². The van der Waals surface area contributed by atoms with E-state index in [9.17, 15) is 4.39 Å². The van der Waals surface area contributed by atoms with Crippen molar-refractivity contribution in [3.63, 3.8) is 0 Å². The second kappa shape index (κ2) is 4.56. The molecule has 4 nitrogen and oxygen atoms in total. The van der Waals surface area contributed by atoms with Gasteiger partial charge >= 0.3 is 0 Å². The first kappa shape index (κ1) is 13.1. The molecular weight excluding hydrogens is 275 g/mol. The van der Waals surface area contributed by atoms with E-state index in [1.54, 1.807) is 10.6 Å². The molecule has 0 amide bonds. The number of benzene rings is 1. The molecule has 0 aliphatic carbocycles. The van der Waals surface area contributed by atoms with E-state index in [1.807, 2.05) is 31.5 Å². The fraction of sp³-hybridized carbons (Fsp3) is 0.286. The van der Waals surface area contributed by atoms with Crippen molar-refractivity contribution in [3.8, 4) is 5.69 Å². The van der Waals surface area contributed by atoms with Gasteiger partial charge in [-0.1, -0.05) is 12.1 Å². The van der Waals surface area contributed by atoms with Crippen molar-refractivity contribution in [1.29, 1.82) is 0 Å². The number of H-pyrrole nitrogens is 1. The maximum Gasteiger partial charge on any atom is 0.184 e. The summed E-state index contributed by atoms with van der Waals surface area (Å²) in [5.41, 5.74) is 3.85. The van der Waals surface area contributed by atoms with Crippen LogP contribution in [0.3, 0.4) is 0 Å². The summed E-state index contributed by atoms with van der Waals surface area (Å²) in [6.07, 6.45) is 0. The summed E-state index contributed by atoms with van der Waals surface area (Å²) in [6.45, 7) is 6.49. The van der Waals surface area contributed by atoms with Crippen molar-refractivity contribution < 1.29 is 4.39 Å². The maximum atomic E-state index is 14.3. The Hall–Kier alpha value is -1.95. The third-order valence-corrected chi connectivity index (χ3v) is 3.74. The second-order valence-electron chi connectivity index (χ2n) is 4.77. The quantitative estimate of drug-likeness (QED) is 0.731. The van der Waals surface area contributed by atoms with Crippen molar-refractivity contribution in [3.05, 3.63) is 40.0 Å². The number of para-hydroxylation sites is 1. The van der Waals surface area contributed by atoms with Crippen LogP contribution in [0.1, 0.15) is 18.2 Å². The monoisotopic (exact) mass is 290 g/mol. The number of fused-ring (bicyclic) bond motifs is 1. The minimum absolute atomic E-state index is 0.288. The molecule has 104 valence electrons. The lowest BCUT2D eigenvalue weighted by molar-refractivity contribution is 0.611. The largest absolute Gasteiger partial charge is 0.327 e. The summed E-state index contributed by atoms with van der Waals surface area (Å²) in [5, 5.41) is 4.45. The van der Waals surface area contributed by atoms with E-state index in [1.165, 1.54) is 6.07 Å². The average molecular weight is 290 g/mol. The standard InChI is InChI=1S/C14H15FN4S/c1-4-18-13-11(9(3)17-18)16-14(20)19(13)12-8(2)6-5-7-10(12)15/h5-7H,4H2,1-3H3,(H,16,20). The third kappa shape index (κ3) is 1.71. The molecule has 3 rings (SSSR count). The molecule has 0 aliphatic rings. The van der Waals surface area contributed by atoms with E-state index in [4.69, 9.17) is 12.2 Å². The summed E-state index contributed by atoms with van der Waals surface area (Å²) in [7, 11) is 0. The minimum atomic E-state index is -0.288. The predicted molar refractivity (Wildman–Crippen MR) is 79.4 cm³/mol. The molecule has 1 N–H and O–H groups in total. The van der Waals surface area contributed by atoms with Gasteiger partial charge in [0.2, 0.25) is 0 Å². The number of hydrogen-bond donors (Lipinski definition) is 1. The Balaban J connectivity index is 2.48. The first-order chi connectivity index (χ1) is 9.54. The van der Waals surface area contributed by atoms with Crippen LogP contribution < -0.4 is 0 Å². The number of nitrogens with one attached hydrogen (secondary N) is 1. The highest BCUT2D eigenvalue weighted by Crippen LogP contribution is 2.26. The molecule has 0 saturated carbocycles. The minimum Gasteiger partial charge on any atom is -0.327 e. The van der Waals surface area contributed by atoms with Crippen molar-refractivity contribution >= 4 is 23.4 Å². The Kier molecular flexibility index (Phi) is 2.97. The first-order valence-electron chi connectivity index (χ1n) is 6.48. The lowest BCUT2D eigenvalue weighted by atomic mass is 10.2. The predicted octanol–water partition coefficient (Wildman–Crippen LogP) is 3.66. The number of hydrogen-bond acceptors (Lipinski definition) is 2. The zero-order valence-corrected chi connectivity index (χ0v) is 12.4. The molecule has 2 aromatic heterocycles. The number of rotatable bonds is 2. The van der Waals surface area contributed by atoms with Crippen molar-refractivity contribution in [1.82, 2.24) is 19.3 Å². The van der Waals surface area contributed by atoms with E-state index in [-0.39, 0.29) is 5.82 Å². The molecule has 0 saturated heterocycles. The van der Waals surface area contributed by atoms with Crippen LogP contribution in [0.4, 0.5) is 4.39 Å². The smallest absolute Gasteiger partial charge is 0.184 e. The van der Waals surface area contributed by atoms with Crippen LogP contribution in [-0.2, 0) is 6.54 Å². The molecule has 0 fully saturated rings. The Morgan fingerprint density at radius 1 is 1.35 bits per heavy atom. The zero-order chi connectivity index (χ0) is 14.4. The molecule has 1 aromatic carbocycles. The van der Waals surface area contributed by atoms with Crippen molar-refractivity contribution in [2.24, 2.45) is 0 Å². The summed E-state index contributed by atoms with van der Waals surface area (Å²) in [6, 6.07) is 5.02. The van der Waals surface area contributed by atoms with Gasteiger partial charge in [0.05, 0.1) is 11.4 Å². The van der Waals surface area contributed by atoms with Gasteiger partial charge in [0.15, 0.2) is 10.4 Å². The molecule has 0 aliphatic heterocycles. The lowest BCUT2D eigenvalue weighted by Gasteiger charge is -2.10. The molecule has 2 heterocycles. The van der Waals surface area contributed by atoms with Crippen LogP contribution in [0.25, 0.3) is 16.9 Å². The van der Waals surface area contributed by atoms with Crippen molar-refractivity contribution in [2.45, 2.75) is 27.3 Å². The Morgan fingerprint density at radius 2 is 2.10 bits per heavy atom. The maximum absolute atomic E-state index is 14.3. The molecule has 0 atom stereocenters. The number of aryl methyl sites for hydroxylation is 3. The van der Waals surface area contributed by atoms with E-state index >= 15 is 0 Å². The molecule has 6 heteroatoms. The Bertz CT molecular complexity index is 836. The van der Waals surface area contributed by atoms with Gasteiger partial charge in [-0.05, 0) is 44.6 Å². The lowest BCUT2D eigenvalue weighted by Crippen LogP contribution is -2.06. The van der Waals surface area contributed by atoms with Gasteiger partial charge in [-0.25, -0.2) is 9.07 Å². The molecular formula is C14H15FN4S. The van der Waals surface area contributed by atoms with Gasteiger partial charge in [0.25, 0.3) is 0 Å². The highest BCUT2D eigenvalue weighted by Gasteiger charge is 2.18. The zero-order valence-electron chi connectivity index (χ0n) is 11.6. The summed E-state index contributed by atoms with van der Waals surface area (Å²) < 4.78 is 18.3. The first-order valence-corrected chi connectivity index (χ1v) is 6.89. The molecule has 0 bridgehead atoms. The Labute approximate surface area is 120 Å². The van der Waals surface area contributed by atoms with E-state index in [0.29, 0.717) is 17.0 Å².